The van der Waals surface area contributed by atoms with Crippen LogP contribution in [-0.2, 0) is 6.54 Å². The lowest BCUT2D eigenvalue weighted by Gasteiger charge is -2.26. The van der Waals surface area contributed by atoms with E-state index in [9.17, 15) is 9.90 Å². The molecule has 186 valence electrons. The van der Waals surface area contributed by atoms with Crippen molar-refractivity contribution < 1.29 is 24.1 Å². The van der Waals surface area contributed by atoms with Crippen LogP contribution in [0.3, 0.4) is 0 Å². The van der Waals surface area contributed by atoms with Crippen LogP contribution in [-0.4, -0.2) is 54.0 Å². The molecule has 1 aromatic heterocycles. The molecule has 1 aliphatic rings. The Morgan fingerprint density at radius 3 is 2.59 bits per heavy atom. The second kappa shape index (κ2) is 12.6. The Bertz CT molecular complexity index is 967. The van der Waals surface area contributed by atoms with Crippen LogP contribution < -0.4 is 24.8 Å². The number of ether oxygens (including phenoxy) is 3. The number of rotatable bonds is 11. The molecule has 0 spiro atoms. The second-order valence-electron chi connectivity index (χ2n) is 8.24. The van der Waals surface area contributed by atoms with Crippen LogP contribution in [0.1, 0.15) is 61.4 Å². The summed E-state index contributed by atoms with van der Waals surface area (Å²) in [4.78, 5) is 22.0. The van der Waals surface area contributed by atoms with Gasteiger partial charge in [-0.3, -0.25) is 4.79 Å². The third-order valence-corrected chi connectivity index (χ3v) is 6.01. The molecule has 0 aliphatic heterocycles. The number of aromatic nitrogens is 2. The van der Waals surface area contributed by atoms with E-state index >= 15 is 0 Å². The van der Waals surface area contributed by atoms with Crippen molar-refractivity contribution in [1.29, 1.82) is 0 Å². The van der Waals surface area contributed by atoms with Gasteiger partial charge in [0.1, 0.15) is 17.1 Å². The van der Waals surface area contributed by atoms with E-state index in [1.807, 2.05) is 6.07 Å². The molecule has 0 bridgehead atoms. The molecule has 10 heteroatoms. The number of unbranched alkanes of at least 4 members (excludes halogenated alkanes) is 1. The summed E-state index contributed by atoms with van der Waals surface area (Å²) in [7, 11) is 3.02. The van der Waals surface area contributed by atoms with Crippen LogP contribution in [0.2, 0.25) is 5.02 Å². The molecule has 1 heterocycles. The lowest BCUT2D eigenvalue weighted by molar-refractivity contribution is 0.0864. The number of amides is 1. The summed E-state index contributed by atoms with van der Waals surface area (Å²) in [6.07, 6.45) is 4.26. The van der Waals surface area contributed by atoms with Crippen molar-refractivity contribution in [3.63, 3.8) is 0 Å². The average Bonchev–Trinajstić information content (AvgIpc) is 2.84. The van der Waals surface area contributed by atoms with Crippen molar-refractivity contribution in [2.45, 2.75) is 64.1 Å². The summed E-state index contributed by atoms with van der Waals surface area (Å²) < 4.78 is 16.4. The van der Waals surface area contributed by atoms with E-state index in [1.54, 1.807) is 19.2 Å². The Kier molecular flexibility index (Phi) is 9.59. The van der Waals surface area contributed by atoms with Crippen LogP contribution in [0.5, 0.6) is 17.6 Å². The van der Waals surface area contributed by atoms with Gasteiger partial charge in [0.15, 0.2) is 0 Å². The third-order valence-electron chi connectivity index (χ3n) is 5.71. The molecule has 0 saturated heterocycles. The van der Waals surface area contributed by atoms with E-state index in [1.165, 1.54) is 7.11 Å². The molecule has 9 nitrogen and oxygen atoms in total. The number of hydrogen-bond donors (Lipinski definition) is 3. The zero-order valence-corrected chi connectivity index (χ0v) is 20.7. The predicted molar refractivity (Wildman–Crippen MR) is 130 cm³/mol. The van der Waals surface area contributed by atoms with Crippen molar-refractivity contribution in [3.05, 3.63) is 34.3 Å². The van der Waals surface area contributed by atoms with Gasteiger partial charge in [0.2, 0.25) is 5.88 Å². The van der Waals surface area contributed by atoms with Gasteiger partial charge in [-0.25, -0.2) is 0 Å². The van der Waals surface area contributed by atoms with E-state index < -0.39 is 0 Å². The Morgan fingerprint density at radius 1 is 1.18 bits per heavy atom. The Balaban J connectivity index is 1.85. The zero-order valence-electron chi connectivity index (χ0n) is 19.9. The molecule has 1 aromatic carbocycles. The van der Waals surface area contributed by atoms with E-state index in [-0.39, 0.29) is 35.5 Å². The maximum absolute atomic E-state index is 13.3. The highest BCUT2D eigenvalue weighted by molar-refractivity contribution is 6.32. The maximum atomic E-state index is 13.3. The lowest BCUT2D eigenvalue weighted by atomic mass is 9.93. The number of nitrogens with zero attached hydrogens (tertiary/aromatic N) is 2. The highest BCUT2D eigenvalue weighted by atomic mass is 35.5. The molecule has 1 fully saturated rings. The summed E-state index contributed by atoms with van der Waals surface area (Å²) in [6, 6.07) is 5.55. The van der Waals surface area contributed by atoms with Gasteiger partial charge in [0.25, 0.3) is 5.91 Å². The molecular formula is C24H33ClN4O5. The van der Waals surface area contributed by atoms with E-state index in [2.05, 4.69) is 27.5 Å². The SMILES string of the molecule is CCCCOc1nc(NCc2ccc(OC)c(Cl)c2)c(C(=O)NC2CCC(O)CC2)c(OC)n1. The van der Waals surface area contributed by atoms with Gasteiger partial charge >= 0.3 is 6.01 Å². The number of hydrogen-bond acceptors (Lipinski definition) is 8. The number of aliphatic hydroxyl groups is 1. The summed E-state index contributed by atoms with van der Waals surface area (Å²) in [6.45, 7) is 2.88. The quantitative estimate of drug-likeness (QED) is 0.403. The molecule has 1 saturated carbocycles. The van der Waals surface area contributed by atoms with Crippen molar-refractivity contribution in [2.24, 2.45) is 0 Å². The van der Waals surface area contributed by atoms with Gasteiger partial charge in [-0.15, -0.1) is 0 Å². The molecule has 0 radical (unpaired) electrons. The number of carbonyl (C=O) groups is 1. The number of nitrogens with one attached hydrogen (secondary N) is 2. The zero-order chi connectivity index (χ0) is 24.5. The largest absolute Gasteiger partial charge is 0.495 e. The lowest BCUT2D eigenvalue weighted by Crippen LogP contribution is -2.39. The predicted octanol–water partition coefficient (Wildman–Crippen LogP) is 3.97. The van der Waals surface area contributed by atoms with Crippen LogP contribution in [0.4, 0.5) is 5.82 Å². The monoisotopic (exact) mass is 492 g/mol. The third kappa shape index (κ3) is 6.87. The molecule has 1 aliphatic carbocycles. The normalized spacial score (nSPS) is 17.7. The standard InChI is InChI=1S/C24H33ClN4O5/c1-4-5-12-34-24-28-21(26-14-15-6-11-19(32-2)18(25)13-15)20(23(29-24)33-3)22(31)27-16-7-9-17(30)10-8-16/h6,11,13,16-17,30H,4-5,7-10,12,14H2,1-3H3,(H,27,31)(H,26,28,29). The summed E-state index contributed by atoms with van der Waals surface area (Å²) in [5, 5.41) is 16.5. The van der Waals surface area contributed by atoms with Crippen LogP contribution in [0.15, 0.2) is 18.2 Å². The van der Waals surface area contributed by atoms with E-state index in [0.717, 1.165) is 18.4 Å². The number of anilines is 1. The molecule has 0 unspecified atom stereocenters. The number of benzene rings is 1. The van der Waals surface area contributed by atoms with Crippen molar-refractivity contribution in [1.82, 2.24) is 15.3 Å². The maximum Gasteiger partial charge on any atom is 0.321 e. The number of methoxy groups -OCH3 is 2. The minimum atomic E-state index is -0.339. The van der Waals surface area contributed by atoms with Crippen LogP contribution in [0, 0.1) is 0 Å². The van der Waals surface area contributed by atoms with Gasteiger partial charge in [-0.1, -0.05) is 31.0 Å². The first-order chi connectivity index (χ1) is 16.4. The fraction of sp³-hybridized carbons (Fsp3) is 0.542. The van der Waals surface area contributed by atoms with Gasteiger partial charge in [-0.2, -0.15) is 9.97 Å². The molecule has 2 aromatic rings. The summed E-state index contributed by atoms with van der Waals surface area (Å²) >= 11 is 6.26. The average molecular weight is 493 g/mol. The van der Waals surface area contributed by atoms with Gasteiger partial charge in [0, 0.05) is 12.6 Å². The second-order valence-corrected chi connectivity index (χ2v) is 8.65. The van der Waals surface area contributed by atoms with Gasteiger partial charge < -0.3 is 30.0 Å². The van der Waals surface area contributed by atoms with E-state index in [4.69, 9.17) is 25.8 Å². The highest BCUT2D eigenvalue weighted by Gasteiger charge is 2.27. The topological polar surface area (TPSA) is 115 Å². The molecule has 0 atom stereocenters. The minimum absolute atomic E-state index is 0.0330. The fourth-order valence-corrected chi connectivity index (χ4v) is 4.04. The smallest absolute Gasteiger partial charge is 0.321 e. The highest BCUT2D eigenvalue weighted by Crippen LogP contribution is 2.29. The van der Waals surface area contributed by atoms with Crippen LogP contribution in [0.25, 0.3) is 0 Å². The van der Waals surface area contributed by atoms with Gasteiger partial charge in [-0.05, 0) is 49.8 Å². The fourth-order valence-electron chi connectivity index (χ4n) is 3.76. The molecular weight excluding hydrogens is 460 g/mol. The number of aliphatic hydroxyl groups excluding tert-OH is 1. The number of carbonyl (C=O) groups excluding carboxylic acids is 1. The molecule has 34 heavy (non-hydrogen) atoms. The Labute approximate surface area is 205 Å². The first-order valence-electron chi connectivity index (χ1n) is 11.6. The Morgan fingerprint density at radius 2 is 1.94 bits per heavy atom. The van der Waals surface area contributed by atoms with Crippen LogP contribution >= 0.6 is 11.6 Å². The van der Waals surface area contributed by atoms with Crippen molar-refractivity contribution >= 4 is 23.3 Å². The molecule has 1 amide bonds. The minimum Gasteiger partial charge on any atom is -0.495 e. The molecule has 3 N–H and O–H groups in total. The summed E-state index contributed by atoms with van der Waals surface area (Å²) in [5.41, 5.74) is 1.08. The Hall–Kier alpha value is -2.78. The van der Waals surface area contributed by atoms with Crippen molar-refractivity contribution in [3.8, 4) is 17.6 Å². The first kappa shape index (κ1) is 25.8. The first-order valence-corrected chi connectivity index (χ1v) is 12.0. The number of halogens is 1. The van der Waals surface area contributed by atoms with Gasteiger partial charge in [0.05, 0.1) is 32.0 Å². The molecule has 3 rings (SSSR count). The van der Waals surface area contributed by atoms with Crippen molar-refractivity contribution in [2.75, 3.05) is 26.1 Å². The summed E-state index contributed by atoms with van der Waals surface area (Å²) in [5.74, 6) is 0.677. The van der Waals surface area contributed by atoms with E-state index in [0.29, 0.717) is 55.4 Å².